The third-order valence-corrected chi connectivity index (χ3v) is 6.69. The van der Waals surface area contributed by atoms with Crippen molar-refractivity contribution in [2.45, 2.75) is 18.6 Å². The first-order valence-corrected chi connectivity index (χ1v) is 9.73. The lowest BCUT2D eigenvalue weighted by Gasteiger charge is -2.43. The zero-order valence-electron chi connectivity index (χ0n) is 12.4. The van der Waals surface area contributed by atoms with Gasteiger partial charge in [0.05, 0.1) is 18.1 Å². The molecule has 0 spiro atoms. The van der Waals surface area contributed by atoms with Gasteiger partial charge in [0, 0.05) is 43.3 Å². The van der Waals surface area contributed by atoms with Gasteiger partial charge in [-0.25, -0.2) is 8.42 Å². The highest BCUT2D eigenvalue weighted by Crippen LogP contribution is 2.29. The molecule has 0 saturated carbocycles. The molecule has 0 radical (unpaired) electrons. The van der Waals surface area contributed by atoms with Crippen molar-refractivity contribution < 1.29 is 13.5 Å². The molecule has 2 fully saturated rings. The van der Waals surface area contributed by atoms with Crippen LogP contribution in [-0.4, -0.2) is 73.2 Å². The second-order valence-electron chi connectivity index (χ2n) is 6.03. The quantitative estimate of drug-likeness (QED) is 0.867. The first kappa shape index (κ1) is 16.2. The third-order valence-electron chi connectivity index (χ3n) is 4.62. The Morgan fingerprint density at radius 1 is 1.14 bits per heavy atom. The Morgan fingerprint density at radius 3 is 2.45 bits per heavy atom. The van der Waals surface area contributed by atoms with Gasteiger partial charge in [0.25, 0.3) is 0 Å². The minimum Gasteiger partial charge on any atom is -0.395 e. The lowest BCUT2D eigenvalue weighted by Crippen LogP contribution is -2.59. The minimum absolute atomic E-state index is 0.0124. The van der Waals surface area contributed by atoms with Crippen molar-refractivity contribution in [3.05, 3.63) is 34.9 Å². The Morgan fingerprint density at radius 2 is 1.77 bits per heavy atom. The summed E-state index contributed by atoms with van der Waals surface area (Å²) >= 11 is 6.23. The normalized spacial score (nSPS) is 28.6. The van der Waals surface area contributed by atoms with E-state index in [2.05, 4.69) is 9.80 Å². The van der Waals surface area contributed by atoms with Crippen molar-refractivity contribution in [3.63, 3.8) is 0 Å². The fourth-order valence-corrected chi connectivity index (χ4v) is 5.78. The summed E-state index contributed by atoms with van der Waals surface area (Å²) in [5.41, 5.74) is 1.03. The topological polar surface area (TPSA) is 60.9 Å². The summed E-state index contributed by atoms with van der Waals surface area (Å²) < 4.78 is 24.1. The third kappa shape index (κ3) is 3.31. The summed E-state index contributed by atoms with van der Waals surface area (Å²) in [6.45, 7) is 2.84. The molecular weight excluding hydrogens is 324 g/mol. The Labute approximate surface area is 136 Å². The summed E-state index contributed by atoms with van der Waals surface area (Å²) in [5.74, 6) is 0.390. The maximum Gasteiger partial charge on any atom is 0.153 e. The van der Waals surface area contributed by atoms with Gasteiger partial charge in [-0.2, -0.15) is 0 Å². The first-order chi connectivity index (χ1) is 10.5. The Hall–Kier alpha value is -0.660. The molecule has 0 aromatic heterocycles. The molecule has 2 heterocycles. The highest BCUT2D eigenvalue weighted by Gasteiger charge is 2.46. The van der Waals surface area contributed by atoms with Crippen LogP contribution in [0.3, 0.4) is 0 Å². The fourth-order valence-electron chi connectivity index (χ4n) is 3.54. The molecule has 2 atom stereocenters. The summed E-state index contributed by atoms with van der Waals surface area (Å²) in [6.07, 6.45) is 0. The van der Waals surface area contributed by atoms with Gasteiger partial charge in [-0.1, -0.05) is 29.8 Å². The van der Waals surface area contributed by atoms with Crippen molar-refractivity contribution in [1.29, 1.82) is 0 Å². The molecule has 1 N–H and O–H groups in total. The van der Waals surface area contributed by atoms with Gasteiger partial charge in [0.2, 0.25) is 0 Å². The number of halogens is 1. The van der Waals surface area contributed by atoms with Crippen LogP contribution in [0.4, 0.5) is 0 Å². The second-order valence-corrected chi connectivity index (χ2v) is 8.59. The highest BCUT2D eigenvalue weighted by molar-refractivity contribution is 7.91. The van der Waals surface area contributed by atoms with Gasteiger partial charge >= 0.3 is 0 Å². The molecule has 1 aromatic carbocycles. The van der Waals surface area contributed by atoms with E-state index < -0.39 is 9.84 Å². The number of aliphatic hydroxyl groups excluding tert-OH is 1. The largest absolute Gasteiger partial charge is 0.395 e. The van der Waals surface area contributed by atoms with Crippen molar-refractivity contribution >= 4 is 21.4 Å². The molecule has 2 unspecified atom stereocenters. The summed E-state index contributed by atoms with van der Waals surface area (Å²) in [7, 11) is -3.01. The van der Waals surface area contributed by atoms with Gasteiger partial charge in [-0.15, -0.1) is 0 Å². The van der Waals surface area contributed by atoms with Crippen molar-refractivity contribution in [2.75, 3.05) is 37.7 Å². The number of β-amino-alcohol motifs (C(OH)–C–C–N with tert-alkyl or cyclic N) is 1. The Kier molecular flexibility index (Phi) is 4.75. The average molecular weight is 345 g/mol. The number of benzene rings is 1. The van der Waals surface area contributed by atoms with E-state index in [1.54, 1.807) is 0 Å². The number of hydrogen-bond donors (Lipinski definition) is 1. The van der Waals surface area contributed by atoms with Crippen LogP contribution in [0.25, 0.3) is 0 Å². The van der Waals surface area contributed by atoms with E-state index in [0.717, 1.165) is 23.7 Å². The van der Waals surface area contributed by atoms with Crippen molar-refractivity contribution in [1.82, 2.24) is 9.80 Å². The second kappa shape index (κ2) is 6.45. The highest BCUT2D eigenvalue weighted by atomic mass is 35.5. The molecule has 0 bridgehead atoms. The number of rotatable bonds is 4. The molecule has 2 aliphatic rings. The molecule has 2 aliphatic heterocycles. The number of hydrogen-bond acceptors (Lipinski definition) is 5. The smallest absolute Gasteiger partial charge is 0.153 e. The van der Waals surface area contributed by atoms with E-state index in [1.165, 1.54) is 0 Å². The Balaban J connectivity index is 1.80. The Bertz CT molecular complexity index is 637. The van der Waals surface area contributed by atoms with Gasteiger partial charge in [0.1, 0.15) is 0 Å². The molecule has 2 saturated heterocycles. The zero-order valence-corrected chi connectivity index (χ0v) is 13.9. The number of nitrogens with zero attached hydrogens (tertiary/aromatic N) is 2. The van der Waals surface area contributed by atoms with Crippen LogP contribution in [0.15, 0.2) is 24.3 Å². The summed E-state index contributed by atoms with van der Waals surface area (Å²) in [5, 5.41) is 9.90. The summed E-state index contributed by atoms with van der Waals surface area (Å²) in [4.78, 5) is 4.34. The van der Waals surface area contributed by atoms with E-state index in [-0.39, 0.29) is 30.2 Å². The first-order valence-electron chi connectivity index (χ1n) is 7.53. The lowest BCUT2D eigenvalue weighted by molar-refractivity contribution is 0.0308. The van der Waals surface area contributed by atoms with E-state index in [9.17, 15) is 13.5 Å². The predicted molar refractivity (Wildman–Crippen MR) is 86.8 cm³/mol. The van der Waals surface area contributed by atoms with Crippen molar-refractivity contribution in [3.8, 4) is 0 Å². The number of piperazine rings is 1. The van der Waals surface area contributed by atoms with Gasteiger partial charge < -0.3 is 5.11 Å². The maximum atomic E-state index is 12.1. The molecule has 3 rings (SSSR count). The number of sulfone groups is 1. The molecule has 22 heavy (non-hydrogen) atoms. The van der Waals surface area contributed by atoms with E-state index in [0.29, 0.717) is 13.1 Å². The molecule has 7 heteroatoms. The van der Waals surface area contributed by atoms with E-state index in [1.807, 2.05) is 24.3 Å². The van der Waals surface area contributed by atoms with Gasteiger partial charge in [-0.05, 0) is 11.6 Å². The van der Waals surface area contributed by atoms with Crippen LogP contribution in [0.2, 0.25) is 5.02 Å². The fraction of sp³-hybridized carbons (Fsp3) is 0.600. The van der Waals surface area contributed by atoms with E-state index >= 15 is 0 Å². The van der Waals surface area contributed by atoms with Crippen LogP contribution >= 0.6 is 11.6 Å². The van der Waals surface area contributed by atoms with Crippen LogP contribution in [0.1, 0.15) is 5.56 Å². The van der Waals surface area contributed by atoms with Crippen LogP contribution in [0.5, 0.6) is 0 Å². The maximum absolute atomic E-state index is 12.1. The van der Waals surface area contributed by atoms with Crippen LogP contribution < -0.4 is 0 Å². The molecule has 0 amide bonds. The molecule has 0 aliphatic carbocycles. The standard InChI is InChI=1S/C15H21ClN2O3S/c16-13-4-2-1-3-12(13)9-18-6-5-17(7-8-19)14-10-22(20,21)11-15(14)18/h1-4,14-15,19H,5-11H2. The van der Waals surface area contributed by atoms with Crippen LogP contribution in [0, 0.1) is 0 Å². The lowest BCUT2D eigenvalue weighted by atomic mass is 10.0. The average Bonchev–Trinajstić information content (AvgIpc) is 2.80. The number of fused-ring (bicyclic) bond motifs is 1. The predicted octanol–water partition coefficient (Wildman–Crippen LogP) is 0.615. The monoisotopic (exact) mass is 344 g/mol. The molecule has 122 valence electrons. The molecule has 1 aromatic rings. The van der Waals surface area contributed by atoms with E-state index in [4.69, 9.17) is 11.6 Å². The number of aliphatic hydroxyl groups is 1. The SMILES string of the molecule is O=S1(=O)CC2C(C1)N(Cc1ccccc1Cl)CCN2CCO. The minimum atomic E-state index is -3.01. The van der Waals surface area contributed by atoms with Gasteiger partial charge in [-0.3, -0.25) is 9.80 Å². The molecule has 5 nitrogen and oxygen atoms in total. The van der Waals surface area contributed by atoms with Gasteiger partial charge in [0.15, 0.2) is 9.84 Å². The van der Waals surface area contributed by atoms with Crippen LogP contribution in [-0.2, 0) is 16.4 Å². The van der Waals surface area contributed by atoms with Crippen molar-refractivity contribution in [2.24, 2.45) is 0 Å². The molecular formula is C15H21ClN2O3S. The summed E-state index contributed by atoms with van der Waals surface area (Å²) in [6, 6.07) is 7.66. The zero-order chi connectivity index (χ0) is 15.7.